The first-order valence-electron chi connectivity index (χ1n) is 5.88. The maximum absolute atomic E-state index is 4.63. The fraction of sp³-hybridized carbons (Fsp3) is 0.500. The molecule has 0 aliphatic rings. The molecule has 0 radical (unpaired) electrons. The Labute approximate surface area is 106 Å². The Morgan fingerprint density at radius 2 is 2.35 bits per heavy atom. The van der Waals surface area contributed by atoms with Gasteiger partial charge in [-0.05, 0) is 18.0 Å². The average Bonchev–Trinajstić information content (AvgIpc) is 2.94. The first kappa shape index (κ1) is 12.3. The van der Waals surface area contributed by atoms with Crippen LogP contribution in [0.3, 0.4) is 0 Å². The molecule has 0 saturated carbocycles. The van der Waals surface area contributed by atoms with Crippen LogP contribution in [0, 0.1) is 0 Å². The predicted octanol–water partition coefficient (Wildman–Crippen LogP) is 2.26. The van der Waals surface area contributed by atoms with Gasteiger partial charge in [0.15, 0.2) is 5.82 Å². The number of nitrogens with zero attached hydrogens (tertiary/aromatic N) is 3. The summed E-state index contributed by atoms with van der Waals surface area (Å²) in [6.45, 7) is 6.21. The van der Waals surface area contributed by atoms with Crippen LogP contribution in [0.15, 0.2) is 17.5 Å². The lowest BCUT2D eigenvalue weighted by Gasteiger charge is -2.09. The summed E-state index contributed by atoms with van der Waals surface area (Å²) >= 11 is 1.67. The zero-order chi connectivity index (χ0) is 12.3. The lowest BCUT2D eigenvalue weighted by molar-refractivity contribution is 0.572. The van der Waals surface area contributed by atoms with E-state index in [4.69, 9.17) is 0 Å². The number of aromatic nitrogens is 3. The molecule has 0 aliphatic heterocycles. The predicted molar refractivity (Wildman–Crippen MR) is 71.3 cm³/mol. The van der Waals surface area contributed by atoms with Gasteiger partial charge in [0.1, 0.15) is 5.82 Å². The minimum Gasteiger partial charge on any atom is -0.316 e. The van der Waals surface area contributed by atoms with Crippen molar-refractivity contribution in [1.29, 1.82) is 0 Å². The van der Waals surface area contributed by atoms with E-state index in [1.807, 2.05) is 23.2 Å². The number of aryl methyl sites for hydroxylation is 1. The third-order valence-electron chi connectivity index (χ3n) is 2.68. The summed E-state index contributed by atoms with van der Waals surface area (Å²) in [7, 11) is 1.96. The van der Waals surface area contributed by atoms with Crippen molar-refractivity contribution >= 4 is 11.3 Å². The largest absolute Gasteiger partial charge is 0.316 e. The van der Waals surface area contributed by atoms with Crippen LogP contribution in [-0.2, 0) is 7.05 Å². The van der Waals surface area contributed by atoms with Crippen molar-refractivity contribution in [1.82, 2.24) is 20.1 Å². The molecular weight excluding hydrogens is 232 g/mol. The number of nitrogens with one attached hydrogen (secondary N) is 1. The van der Waals surface area contributed by atoms with E-state index in [0.717, 1.165) is 29.6 Å². The third-order valence-corrected chi connectivity index (χ3v) is 3.55. The highest BCUT2D eigenvalue weighted by atomic mass is 32.1. The Morgan fingerprint density at radius 1 is 1.53 bits per heavy atom. The number of rotatable bonds is 5. The second kappa shape index (κ2) is 5.42. The molecule has 92 valence electrons. The number of thiophene rings is 1. The molecule has 0 saturated heterocycles. The van der Waals surface area contributed by atoms with Gasteiger partial charge in [-0.3, -0.25) is 4.68 Å². The van der Waals surface area contributed by atoms with Gasteiger partial charge in [0.05, 0.1) is 4.88 Å². The summed E-state index contributed by atoms with van der Waals surface area (Å²) < 4.78 is 1.89. The summed E-state index contributed by atoms with van der Waals surface area (Å²) in [5, 5.41) is 9.86. The maximum atomic E-state index is 4.63. The van der Waals surface area contributed by atoms with Gasteiger partial charge in [-0.2, -0.15) is 5.10 Å². The van der Waals surface area contributed by atoms with Gasteiger partial charge in [0.2, 0.25) is 0 Å². The van der Waals surface area contributed by atoms with Gasteiger partial charge in [0.25, 0.3) is 0 Å². The molecule has 2 aromatic rings. The van der Waals surface area contributed by atoms with E-state index in [0.29, 0.717) is 5.92 Å². The summed E-state index contributed by atoms with van der Waals surface area (Å²) in [6.07, 6.45) is 0. The van der Waals surface area contributed by atoms with Crippen LogP contribution >= 0.6 is 11.3 Å². The molecule has 0 aliphatic carbocycles. The molecule has 4 nitrogen and oxygen atoms in total. The van der Waals surface area contributed by atoms with Crippen LogP contribution in [0.1, 0.15) is 25.6 Å². The van der Waals surface area contributed by atoms with Gasteiger partial charge < -0.3 is 5.32 Å². The smallest absolute Gasteiger partial charge is 0.191 e. The van der Waals surface area contributed by atoms with Crippen molar-refractivity contribution in [2.24, 2.45) is 7.05 Å². The first-order chi connectivity index (χ1) is 8.22. The van der Waals surface area contributed by atoms with Crippen LogP contribution in [-0.4, -0.2) is 27.9 Å². The van der Waals surface area contributed by atoms with Crippen LogP contribution in [0.2, 0.25) is 0 Å². The summed E-state index contributed by atoms with van der Waals surface area (Å²) in [4.78, 5) is 5.75. The van der Waals surface area contributed by atoms with Crippen LogP contribution in [0.5, 0.6) is 0 Å². The van der Waals surface area contributed by atoms with E-state index < -0.39 is 0 Å². The van der Waals surface area contributed by atoms with Crippen LogP contribution in [0.25, 0.3) is 10.7 Å². The van der Waals surface area contributed by atoms with E-state index in [1.165, 1.54) is 0 Å². The number of likely N-dealkylation sites (N-methyl/N-ethyl adjacent to an activating group) is 1. The maximum Gasteiger partial charge on any atom is 0.191 e. The molecule has 0 spiro atoms. The summed E-state index contributed by atoms with van der Waals surface area (Å²) in [5.74, 6) is 2.25. The Bertz CT molecular complexity index is 461. The fourth-order valence-corrected chi connectivity index (χ4v) is 2.44. The second-order valence-electron chi connectivity index (χ2n) is 4.10. The molecule has 1 N–H and O–H groups in total. The zero-order valence-electron chi connectivity index (χ0n) is 10.5. The molecule has 0 fully saturated rings. The molecule has 2 aromatic heterocycles. The van der Waals surface area contributed by atoms with E-state index >= 15 is 0 Å². The van der Waals surface area contributed by atoms with E-state index in [9.17, 15) is 0 Å². The highest BCUT2D eigenvalue weighted by molar-refractivity contribution is 7.13. The monoisotopic (exact) mass is 250 g/mol. The van der Waals surface area contributed by atoms with Crippen molar-refractivity contribution < 1.29 is 0 Å². The minimum absolute atomic E-state index is 0.376. The lowest BCUT2D eigenvalue weighted by atomic mass is 10.1. The van der Waals surface area contributed by atoms with Gasteiger partial charge in [-0.1, -0.05) is 19.9 Å². The van der Waals surface area contributed by atoms with E-state index in [2.05, 4.69) is 35.3 Å². The minimum atomic E-state index is 0.376. The number of hydrogen-bond donors (Lipinski definition) is 1. The van der Waals surface area contributed by atoms with Crippen LogP contribution in [0.4, 0.5) is 0 Å². The van der Waals surface area contributed by atoms with Crippen molar-refractivity contribution in [2.45, 2.75) is 19.8 Å². The summed E-state index contributed by atoms with van der Waals surface area (Å²) in [5.41, 5.74) is 0. The van der Waals surface area contributed by atoms with Gasteiger partial charge in [-0.15, -0.1) is 11.3 Å². The molecule has 2 rings (SSSR count). The SMILES string of the molecule is CCNCC(C)c1nc(-c2cccs2)nn1C. The lowest BCUT2D eigenvalue weighted by Crippen LogP contribution is -2.21. The van der Waals surface area contributed by atoms with E-state index in [1.54, 1.807) is 11.3 Å². The zero-order valence-corrected chi connectivity index (χ0v) is 11.3. The van der Waals surface area contributed by atoms with Crippen molar-refractivity contribution in [3.63, 3.8) is 0 Å². The van der Waals surface area contributed by atoms with Gasteiger partial charge >= 0.3 is 0 Å². The molecule has 1 atom stereocenters. The highest BCUT2D eigenvalue weighted by Crippen LogP contribution is 2.23. The molecular formula is C12H18N4S. The van der Waals surface area contributed by atoms with E-state index in [-0.39, 0.29) is 0 Å². The molecule has 5 heteroatoms. The molecule has 17 heavy (non-hydrogen) atoms. The van der Waals surface area contributed by atoms with Crippen molar-refractivity contribution in [3.05, 3.63) is 23.3 Å². The highest BCUT2D eigenvalue weighted by Gasteiger charge is 2.15. The Balaban J connectivity index is 2.19. The normalized spacial score (nSPS) is 12.9. The molecule has 0 amide bonds. The molecule has 0 bridgehead atoms. The second-order valence-corrected chi connectivity index (χ2v) is 5.05. The topological polar surface area (TPSA) is 42.7 Å². The quantitative estimate of drug-likeness (QED) is 0.885. The molecule has 0 aromatic carbocycles. The number of hydrogen-bond acceptors (Lipinski definition) is 4. The van der Waals surface area contributed by atoms with Crippen molar-refractivity contribution in [3.8, 4) is 10.7 Å². The van der Waals surface area contributed by atoms with Gasteiger partial charge in [0, 0.05) is 19.5 Å². The standard InChI is InChI=1S/C12H18N4S/c1-4-13-8-9(2)12-14-11(15-16(12)3)10-6-5-7-17-10/h5-7,9,13H,4,8H2,1-3H3. The van der Waals surface area contributed by atoms with Gasteiger partial charge in [-0.25, -0.2) is 4.98 Å². The van der Waals surface area contributed by atoms with Crippen molar-refractivity contribution in [2.75, 3.05) is 13.1 Å². The third kappa shape index (κ3) is 2.73. The average molecular weight is 250 g/mol. The molecule has 2 heterocycles. The summed E-state index contributed by atoms with van der Waals surface area (Å²) in [6, 6.07) is 4.08. The molecule has 1 unspecified atom stereocenters. The first-order valence-corrected chi connectivity index (χ1v) is 6.75. The Hall–Kier alpha value is -1.20. The fourth-order valence-electron chi connectivity index (χ4n) is 1.79. The Morgan fingerprint density at radius 3 is 3.00 bits per heavy atom. The Kier molecular flexibility index (Phi) is 3.91. The van der Waals surface area contributed by atoms with Crippen LogP contribution < -0.4 is 5.32 Å².